The van der Waals surface area contributed by atoms with E-state index in [2.05, 4.69) is 26.6 Å². The van der Waals surface area contributed by atoms with Crippen molar-refractivity contribution in [3.05, 3.63) is 83.7 Å². The van der Waals surface area contributed by atoms with Crippen molar-refractivity contribution in [1.29, 1.82) is 0 Å². The minimum absolute atomic E-state index is 0.0806. The van der Waals surface area contributed by atoms with E-state index in [1.54, 1.807) is 12.4 Å². The smallest absolute Gasteiger partial charge is 0.234 e. The molecule has 1 N–H and O–H groups in total. The number of aryl methyl sites for hydroxylation is 2. The molecule has 0 radical (unpaired) electrons. The summed E-state index contributed by atoms with van der Waals surface area (Å²) < 4.78 is 1.98. The highest BCUT2D eigenvalue weighted by molar-refractivity contribution is 7.99. The van der Waals surface area contributed by atoms with Crippen LogP contribution in [0.2, 0.25) is 0 Å². The Morgan fingerprint density at radius 2 is 1.77 bits per heavy atom. The van der Waals surface area contributed by atoms with Crippen LogP contribution < -0.4 is 5.32 Å². The lowest BCUT2D eigenvalue weighted by atomic mass is 10.1. The molecule has 31 heavy (non-hydrogen) atoms. The van der Waals surface area contributed by atoms with E-state index < -0.39 is 0 Å². The van der Waals surface area contributed by atoms with E-state index >= 15 is 0 Å². The third kappa shape index (κ3) is 4.67. The number of carbonyl (C=O) groups excluding carboxylic acids is 1. The van der Waals surface area contributed by atoms with Gasteiger partial charge in [0.1, 0.15) is 0 Å². The van der Waals surface area contributed by atoms with Gasteiger partial charge < -0.3 is 5.32 Å². The summed E-state index contributed by atoms with van der Waals surface area (Å²) in [5.74, 6) is 0.863. The molecule has 0 saturated carbocycles. The molecule has 0 aliphatic heterocycles. The van der Waals surface area contributed by atoms with E-state index in [-0.39, 0.29) is 11.7 Å². The van der Waals surface area contributed by atoms with Crippen LogP contribution in [0, 0.1) is 20.8 Å². The second kappa shape index (κ2) is 9.14. The van der Waals surface area contributed by atoms with Crippen molar-refractivity contribution in [3.8, 4) is 17.1 Å². The predicted octanol–water partition coefficient (Wildman–Crippen LogP) is 4.99. The van der Waals surface area contributed by atoms with Crippen molar-refractivity contribution in [2.75, 3.05) is 11.1 Å². The van der Waals surface area contributed by atoms with Gasteiger partial charge in [-0.2, -0.15) is 0 Å². The molecule has 2 heterocycles. The third-order valence-corrected chi connectivity index (χ3v) is 5.97. The van der Waals surface area contributed by atoms with Crippen LogP contribution in [-0.2, 0) is 4.79 Å². The van der Waals surface area contributed by atoms with Crippen LogP contribution in [-0.4, -0.2) is 31.4 Å². The molecule has 0 spiro atoms. The first kappa shape index (κ1) is 20.8. The Morgan fingerprint density at radius 3 is 2.55 bits per heavy atom. The van der Waals surface area contributed by atoms with Crippen LogP contribution in [0.25, 0.3) is 17.1 Å². The van der Waals surface area contributed by atoms with E-state index in [0.717, 1.165) is 33.6 Å². The average molecular weight is 430 g/mol. The fourth-order valence-corrected chi connectivity index (χ4v) is 4.01. The minimum atomic E-state index is -0.0806. The number of nitrogens with one attached hydrogen (secondary N) is 1. The van der Waals surface area contributed by atoms with Crippen LogP contribution in [0.4, 0.5) is 5.69 Å². The molecule has 0 bridgehead atoms. The van der Waals surface area contributed by atoms with Gasteiger partial charge in [-0.3, -0.25) is 14.3 Å². The molecule has 4 rings (SSSR count). The molecule has 2 aromatic carbocycles. The monoisotopic (exact) mass is 429 g/mol. The van der Waals surface area contributed by atoms with Gasteiger partial charge in [0.15, 0.2) is 11.0 Å². The molecular weight excluding hydrogens is 406 g/mol. The van der Waals surface area contributed by atoms with Crippen LogP contribution in [0.5, 0.6) is 0 Å². The van der Waals surface area contributed by atoms with Gasteiger partial charge in [0.25, 0.3) is 0 Å². The van der Waals surface area contributed by atoms with Crippen LogP contribution in [0.3, 0.4) is 0 Å². The molecule has 0 aliphatic carbocycles. The number of hydrogen-bond acceptors (Lipinski definition) is 5. The molecule has 156 valence electrons. The molecule has 0 unspecified atom stereocenters. The van der Waals surface area contributed by atoms with E-state index in [9.17, 15) is 4.79 Å². The summed E-state index contributed by atoms with van der Waals surface area (Å²) in [4.78, 5) is 16.7. The summed E-state index contributed by atoms with van der Waals surface area (Å²) >= 11 is 1.36. The lowest BCUT2D eigenvalue weighted by Gasteiger charge is -2.12. The van der Waals surface area contributed by atoms with Gasteiger partial charge in [0.2, 0.25) is 5.91 Å². The second-order valence-electron chi connectivity index (χ2n) is 7.30. The van der Waals surface area contributed by atoms with Crippen molar-refractivity contribution >= 4 is 23.4 Å². The van der Waals surface area contributed by atoms with Gasteiger partial charge in [0.05, 0.1) is 5.75 Å². The number of thioether (sulfide) groups is 1. The maximum absolute atomic E-state index is 12.6. The number of hydrogen-bond donors (Lipinski definition) is 1. The number of anilines is 1. The van der Waals surface area contributed by atoms with Gasteiger partial charge in [-0.15, -0.1) is 10.2 Å². The Balaban J connectivity index is 1.60. The predicted molar refractivity (Wildman–Crippen MR) is 125 cm³/mol. The number of amides is 1. The SMILES string of the molecule is Cc1cccc(-n2c(SCC(=O)Nc3cccc(C)c3C)nnc2-c2ccncc2)c1. The molecule has 2 aromatic heterocycles. The van der Waals surface area contributed by atoms with E-state index in [0.29, 0.717) is 11.0 Å². The van der Waals surface area contributed by atoms with Crippen molar-refractivity contribution < 1.29 is 4.79 Å². The first-order valence-corrected chi connectivity index (χ1v) is 10.9. The van der Waals surface area contributed by atoms with E-state index in [4.69, 9.17) is 0 Å². The zero-order valence-electron chi connectivity index (χ0n) is 17.7. The quantitative estimate of drug-likeness (QED) is 0.437. The highest BCUT2D eigenvalue weighted by Crippen LogP contribution is 2.28. The van der Waals surface area contributed by atoms with Crippen molar-refractivity contribution in [2.24, 2.45) is 0 Å². The van der Waals surface area contributed by atoms with Crippen molar-refractivity contribution in [3.63, 3.8) is 0 Å². The summed E-state index contributed by atoms with van der Waals surface area (Å²) in [7, 11) is 0. The third-order valence-electron chi connectivity index (χ3n) is 5.04. The van der Waals surface area contributed by atoms with Crippen LogP contribution >= 0.6 is 11.8 Å². The number of nitrogens with zero attached hydrogens (tertiary/aromatic N) is 4. The van der Waals surface area contributed by atoms with Crippen molar-refractivity contribution in [2.45, 2.75) is 25.9 Å². The van der Waals surface area contributed by atoms with Crippen molar-refractivity contribution in [1.82, 2.24) is 19.7 Å². The summed E-state index contributed by atoms with van der Waals surface area (Å²) in [5, 5.41) is 12.5. The zero-order valence-corrected chi connectivity index (χ0v) is 18.5. The topological polar surface area (TPSA) is 72.7 Å². The molecule has 0 fully saturated rings. The Morgan fingerprint density at radius 1 is 1.00 bits per heavy atom. The highest BCUT2D eigenvalue weighted by atomic mass is 32.2. The largest absolute Gasteiger partial charge is 0.325 e. The fourth-order valence-electron chi connectivity index (χ4n) is 3.25. The summed E-state index contributed by atoms with van der Waals surface area (Å²) in [6, 6.07) is 17.8. The number of carbonyl (C=O) groups is 1. The lowest BCUT2D eigenvalue weighted by Crippen LogP contribution is -2.15. The molecule has 0 aliphatic rings. The fraction of sp³-hybridized carbons (Fsp3) is 0.167. The minimum Gasteiger partial charge on any atom is -0.325 e. The first-order chi connectivity index (χ1) is 15.0. The Hall–Kier alpha value is -3.45. The first-order valence-electron chi connectivity index (χ1n) is 9.94. The van der Waals surface area contributed by atoms with Gasteiger partial charge >= 0.3 is 0 Å². The maximum Gasteiger partial charge on any atom is 0.234 e. The van der Waals surface area contributed by atoms with Crippen LogP contribution in [0.1, 0.15) is 16.7 Å². The number of rotatable bonds is 6. The molecule has 6 nitrogen and oxygen atoms in total. The lowest BCUT2D eigenvalue weighted by molar-refractivity contribution is -0.113. The molecular formula is C24H23N5OS. The maximum atomic E-state index is 12.6. The average Bonchev–Trinajstić information content (AvgIpc) is 3.20. The molecule has 7 heteroatoms. The Labute approximate surface area is 185 Å². The Bertz CT molecular complexity index is 1220. The summed E-state index contributed by atoms with van der Waals surface area (Å²) in [6.45, 7) is 6.09. The van der Waals surface area contributed by atoms with E-state index in [1.165, 1.54) is 11.8 Å². The standard InChI is InChI=1S/C24H23N5OS/c1-16-6-4-8-20(14-16)29-23(19-10-12-25-13-11-19)27-28-24(29)31-15-22(30)26-21-9-5-7-17(2)18(21)3/h4-14H,15H2,1-3H3,(H,26,30). The molecule has 0 atom stereocenters. The number of benzene rings is 2. The van der Waals surface area contributed by atoms with Gasteiger partial charge in [-0.05, 0) is 67.8 Å². The zero-order chi connectivity index (χ0) is 21.8. The Kier molecular flexibility index (Phi) is 6.13. The van der Waals surface area contributed by atoms with Gasteiger partial charge in [0, 0.05) is 29.3 Å². The van der Waals surface area contributed by atoms with Crippen LogP contribution in [0.15, 0.2) is 72.1 Å². The normalized spacial score (nSPS) is 10.8. The highest BCUT2D eigenvalue weighted by Gasteiger charge is 2.17. The summed E-state index contributed by atoms with van der Waals surface area (Å²) in [6.07, 6.45) is 3.46. The van der Waals surface area contributed by atoms with Gasteiger partial charge in [-0.1, -0.05) is 36.0 Å². The molecule has 0 saturated heterocycles. The molecule has 1 amide bonds. The molecule has 4 aromatic rings. The number of aromatic nitrogens is 4. The van der Waals surface area contributed by atoms with Gasteiger partial charge in [-0.25, -0.2) is 0 Å². The summed E-state index contributed by atoms with van der Waals surface area (Å²) in [5.41, 5.74) is 6.05. The van der Waals surface area contributed by atoms with E-state index in [1.807, 2.05) is 73.9 Å². The number of pyridine rings is 1. The second-order valence-corrected chi connectivity index (χ2v) is 8.24.